The molecule has 2 fully saturated rings. The van der Waals surface area contributed by atoms with Gasteiger partial charge in [0.1, 0.15) is 0 Å². The summed E-state index contributed by atoms with van der Waals surface area (Å²) in [7, 11) is 0. The van der Waals surface area contributed by atoms with Gasteiger partial charge in [0.25, 0.3) is 0 Å². The first-order valence-corrected chi connectivity index (χ1v) is 4.46. The van der Waals surface area contributed by atoms with Crippen LogP contribution in [-0.2, 0) is 0 Å². The highest BCUT2D eigenvalue weighted by atomic mass is 16.2. The van der Waals surface area contributed by atoms with E-state index in [1.165, 1.54) is 6.07 Å². The second-order valence-electron chi connectivity index (χ2n) is 4.18. The number of hydrogen-bond donors (Lipinski definition) is 1. The van der Waals surface area contributed by atoms with E-state index in [1.54, 1.807) is 0 Å². The van der Waals surface area contributed by atoms with Gasteiger partial charge in [-0.2, -0.15) is 0 Å². The summed E-state index contributed by atoms with van der Waals surface area (Å²) in [5, 5.41) is 3.22. The molecular formula is C9H10N2O2. The molecule has 4 heteroatoms. The van der Waals surface area contributed by atoms with Crippen LogP contribution in [0.15, 0.2) is 15.7 Å². The normalized spacial score (nSPS) is 24.5. The van der Waals surface area contributed by atoms with Crippen LogP contribution in [0.4, 0.5) is 5.69 Å². The van der Waals surface area contributed by atoms with Crippen molar-refractivity contribution in [3.63, 3.8) is 0 Å². The van der Waals surface area contributed by atoms with Gasteiger partial charge in [-0.3, -0.25) is 9.59 Å². The minimum atomic E-state index is -0.345. The van der Waals surface area contributed by atoms with Crippen molar-refractivity contribution in [1.29, 1.82) is 0 Å². The van der Waals surface area contributed by atoms with Gasteiger partial charge in [0.05, 0.1) is 5.69 Å². The van der Waals surface area contributed by atoms with Crippen molar-refractivity contribution >= 4 is 5.69 Å². The van der Waals surface area contributed by atoms with E-state index in [2.05, 4.69) is 5.32 Å². The van der Waals surface area contributed by atoms with E-state index in [4.69, 9.17) is 0 Å². The molecule has 4 nitrogen and oxygen atoms in total. The maximum atomic E-state index is 11.0. The molecule has 0 aliphatic carbocycles. The lowest BCUT2D eigenvalue weighted by atomic mass is 9.74. The Morgan fingerprint density at radius 3 is 2.38 bits per heavy atom. The Labute approximate surface area is 74.9 Å². The average molecular weight is 178 g/mol. The Morgan fingerprint density at radius 1 is 1.31 bits per heavy atom. The predicted octanol–water partition coefficient (Wildman–Crippen LogP) is -1.31. The van der Waals surface area contributed by atoms with Crippen molar-refractivity contribution in [2.75, 3.05) is 31.1 Å². The average Bonchev–Trinajstić information content (AvgIpc) is 1.97. The van der Waals surface area contributed by atoms with Gasteiger partial charge in [-0.25, -0.2) is 0 Å². The van der Waals surface area contributed by atoms with Crippen molar-refractivity contribution in [1.82, 2.24) is 5.32 Å². The Morgan fingerprint density at radius 2 is 2.00 bits per heavy atom. The standard InChI is InChI=1S/C9H10N2O2/c12-7-1-6(8(7)13)11-4-9(5-11)2-10-3-9/h1,10H,2-5H2. The summed E-state index contributed by atoms with van der Waals surface area (Å²) in [6.07, 6.45) is 0. The molecule has 0 saturated carbocycles. The molecule has 2 aliphatic heterocycles. The van der Waals surface area contributed by atoms with Gasteiger partial charge in [-0.15, -0.1) is 0 Å². The lowest BCUT2D eigenvalue weighted by Gasteiger charge is -2.56. The zero-order valence-corrected chi connectivity index (χ0v) is 7.17. The van der Waals surface area contributed by atoms with Gasteiger partial charge in [0, 0.05) is 37.7 Å². The first kappa shape index (κ1) is 7.26. The fourth-order valence-corrected chi connectivity index (χ4v) is 2.17. The fourth-order valence-electron chi connectivity index (χ4n) is 2.17. The molecule has 2 heterocycles. The van der Waals surface area contributed by atoms with Crippen LogP contribution in [0.3, 0.4) is 0 Å². The van der Waals surface area contributed by atoms with E-state index >= 15 is 0 Å². The van der Waals surface area contributed by atoms with Crippen molar-refractivity contribution in [3.8, 4) is 0 Å². The van der Waals surface area contributed by atoms with Crippen molar-refractivity contribution in [2.24, 2.45) is 5.41 Å². The molecule has 1 spiro atoms. The second-order valence-corrected chi connectivity index (χ2v) is 4.18. The zero-order chi connectivity index (χ0) is 9.05. The SMILES string of the molecule is O=c1cc(N2CC3(CNC3)C2)c1=O. The summed E-state index contributed by atoms with van der Waals surface area (Å²) < 4.78 is 0. The highest BCUT2D eigenvalue weighted by molar-refractivity contribution is 5.53. The highest BCUT2D eigenvalue weighted by Crippen LogP contribution is 2.35. The molecule has 0 aromatic heterocycles. The van der Waals surface area contributed by atoms with E-state index in [0.717, 1.165) is 26.2 Å². The van der Waals surface area contributed by atoms with Crippen LogP contribution >= 0.6 is 0 Å². The molecule has 1 aromatic carbocycles. The largest absolute Gasteiger partial charge is 0.367 e. The molecule has 0 amide bonds. The summed E-state index contributed by atoms with van der Waals surface area (Å²) >= 11 is 0. The minimum absolute atomic E-state index is 0.304. The molecule has 1 N–H and O–H groups in total. The van der Waals surface area contributed by atoms with Gasteiger partial charge < -0.3 is 10.2 Å². The zero-order valence-electron chi connectivity index (χ0n) is 7.17. The van der Waals surface area contributed by atoms with E-state index in [-0.39, 0.29) is 10.9 Å². The van der Waals surface area contributed by atoms with Crippen molar-refractivity contribution < 1.29 is 0 Å². The number of nitrogens with one attached hydrogen (secondary N) is 1. The lowest BCUT2D eigenvalue weighted by molar-refractivity contribution is 0.121. The number of anilines is 1. The molecule has 3 rings (SSSR count). The van der Waals surface area contributed by atoms with Gasteiger partial charge in [-0.1, -0.05) is 0 Å². The quantitative estimate of drug-likeness (QED) is 0.543. The summed E-state index contributed by atoms with van der Waals surface area (Å²) in [6.45, 7) is 3.98. The third kappa shape index (κ3) is 0.785. The molecule has 68 valence electrons. The van der Waals surface area contributed by atoms with Crippen LogP contribution in [0.5, 0.6) is 0 Å². The van der Waals surface area contributed by atoms with Gasteiger partial charge in [0.2, 0.25) is 10.9 Å². The fraction of sp³-hybridized carbons (Fsp3) is 0.556. The molecule has 1 aromatic rings. The number of nitrogens with zero attached hydrogens (tertiary/aromatic N) is 1. The maximum Gasteiger partial charge on any atom is 0.249 e. The summed E-state index contributed by atoms with van der Waals surface area (Å²) in [5.41, 5.74) is 0.395. The molecule has 0 bridgehead atoms. The first-order chi connectivity index (χ1) is 6.20. The predicted molar refractivity (Wildman–Crippen MR) is 48.9 cm³/mol. The van der Waals surface area contributed by atoms with Crippen LogP contribution in [0.25, 0.3) is 0 Å². The van der Waals surface area contributed by atoms with Crippen LogP contribution in [0.2, 0.25) is 0 Å². The topological polar surface area (TPSA) is 49.4 Å². The Bertz CT molecular complexity index is 419. The van der Waals surface area contributed by atoms with Crippen LogP contribution < -0.4 is 21.1 Å². The minimum Gasteiger partial charge on any atom is -0.367 e. The highest BCUT2D eigenvalue weighted by Gasteiger charge is 2.48. The van der Waals surface area contributed by atoms with E-state index in [1.807, 2.05) is 4.90 Å². The Kier molecular flexibility index (Phi) is 1.12. The van der Waals surface area contributed by atoms with Gasteiger partial charge >= 0.3 is 0 Å². The van der Waals surface area contributed by atoms with Crippen LogP contribution in [-0.4, -0.2) is 26.2 Å². The van der Waals surface area contributed by atoms with Crippen LogP contribution in [0.1, 0.15) is 0 Å². The second kappa shape index (κ2) is 2.01. The van der Waals surface area contributed by atoms with Gasteiger partial charge in [0.15, 0.2) is 0 Å². The maximum absolute atomic E-state index is 11.0. The molecule has 0 unspecified atom stereocenters. The van der Waals surface area contributed by atoms with E-state index in [0.29, 0.717) is 11.1 Å². The smallest absolute Gasteiger partial charge is 0.249 e. The molecular weight excluding hydrogens is 168 g/mol. The van der Waals surface area contributed by atoms with Crippen LogP contribution in [0, 0.1) is 5.41 Å². The third-order valence-corrected chi connectivity index (χ3v) is 3.12. The molecule has 0 radical (unpaired) electrons. The Hall–Kier alpha value is -1.16. The Balaban J connectivity index is 1.75. The van der Waals surface area contributed by atoms with E-state index in [9.17, 15) is 9.59 Å². The monoisotopic (exact) mass is 178 g/mol. The lowest BCUT2D eigenvalue weighted by Crippen LogP contribution is -2.72. The third-order valence-electron chi connectivity index (χ3n) is 3.12. The molecule has 0 atom stereocenters. The summed E-state index contributed by atoms with van der Waals surface area (Å²) in [6, 6.07) is 1.45. The van der Waals surface area contributed by atoms with Crippen molar-refractivity contribution in [3.05, 3.63) is 26.5 Å². The van der Waals surface area contributed by atoms with E-state index < -0.39 is 0 Å². The summed E-state index contributed by atoms with van der Waals surface area (Å²) in [5.74, 6) is 0. The van der Waals surface area contributed by atoms with Gasteiger partial charge in [-0.05, 0) is 0 Å². The molecule has 13 heavy (non-hydrogen) atoms. The summed E-state index contributed by atoms with van der Waals surface area (Å²) in [4.78, 5) is 23.7. The number of hydrogen-bond acceptors (Lipinski definition) is 4. The molecule has 2 aliphatic rings. The molecule has 2 saturated heterocycles. The van der Waals surface area contributed by atoms with Crippen molar-refractivity contribution in [2.45, 2.75) is 0 Å². The first-order valence-electron chi connectivity index (χ1n) is 4.46. The number of rotatable bonds is 1.